The smallest absolute Gasteiger partial charge is 0.341 e. The molecule has 0 saturated heterocycles. The van der Waals surface area contributed by atoms with Crippen LogP contribution in [-0.4, -0.2) is 23.0 Å². The number of primary amides is 1. The minimum atomic E-state index is -0.939. The van der Waals surface area contributed by atoms with Crippen LogP contribution < -0.4 is 5.73 Å². The molecular formula is C13H14N2O3. The summed E-state index contributed by atoms with van der Waals surface area (Å²) in [7, 11) is 0. The highest BCUT2D eigenvalue weighted by Gasteiger charge is 2.21. The Morgan fingerprint density at radius 3 is 2.67 bits per heavy atom. The molecule has 5 heteroatoms. The predicted molar refractivity (Wildman–Crippen MR) is 67.1 cm³/mol. The quantitative estimate of drug-likeness (QED) is 0.805. The maximum Gasteiger partial charge on any atom is 0.341 e. The summed E-state index contributed by atoms with van der Waals surface area (Å²) in [5.74, 6) is -1.21. The number of fused-ring (bicyclic) bond motifs is 1. The maximum atomic E-state index is 12.0. The highest BCUT2D eigenvalue weighted by Crippen LogP contribution is 2.22. The zero-order valence-electron chi connectivity index (χ0n) is 10.2. The zero-order chi connectivity index (χ0) is 13.3. The van der Waals surface area contributed by atoms with Gasteiger partial charge in [0.15, 0.2) is 6.10 Å². The highest BCUT2D eigenvalue weighted by molar-refractivity contribution is 6.06. The average molecular weight is 246 g/mol. The lowest BCUT2D eigenvalue weighted by Gasteiger charge is -2.09. The third-order valence-electron chi connectivity index (χ3n) is 2.78. The summed E-state index contributed by atoms with van der Waals surface area (Å²) >= 11 is 0. The van der Waals surface area contributed by atoms with Crippen molar-refractivity contribution < 1.29 is 14.3 Å². The van der Waals surface area contributed by atoms with Crippen LogP contribution in [0.3, 0.4) is 0 Å². The Balaban J connectivity index is 2.39. The van der Waals surface area contributed by atoms with Crippen LogP contribution >= 0.6 is 0 Å². The number of hydrogen-bond donors (Lipinski definition) is 2. The van der Waals surface area contributed by atoms with Gasteiger partial charge in [0.2, 0.25) is 0 Å². The molecule has 1 aromatic heterocycles. The standard InChI is InChI=1S/C13H14N2O3/c1-7-11(13(17)18-8(2)12(14)16)9-5-3-4-6-10(9)15-7/h3-6,8,15H,1-2H3,(H2,14,16)/t8-/m1/s1. The second-order valence-corrected chi connectivity index (χ2v) is 4.12. The fourth-order valence-electron chi connectivity index (χ4n) is 1.82. The number of hydrogen-bond acceptors (Lipinski definition) is 3. The van der Waals surface area contributed by atoms with Gasteiger partial charge in [0.1, 0.15) is 0 Å². The van der Waals surface area contributed by atoms with Gasteiger partial charge in [0, 0.05) is 16.6 Å². The first-order valence-corrected chi connectivity index (χ1v) is 5.58. The number of benzene rings is 1. The van der Waals surface area contributed by atoms with Crippen molar-refractivity contribution in [3.05, 3.63) is 35.5 Å². The number of nitrogens with two attached hydrogens (primary N) is 1. The summed E-state index contributed by atoms with van der Waals surface area (Å²) in [6.45, 7) is 3.23. The molecule has 0 aliphatic heterocycles. The van der Waals surface area contributed by atoms with Crippen molar-refractivity contribution >= 4 is 22.8 Å². The van der Waals surface area contributed by atoms with Crippen molar-refractivity contribution in [3.8, 4) is 0 Å². The number of aromatic nitrogens is 1. The number of para-hydroxylation sites is 1. The molecular weight excluding hydrogens is 232 g/mol. The van der Waals surface area contributed by atoms with E-state index in [-0.39, 0.29) is 0 Å². The molecule has 1 atom stereocenters. The Kier molecular flexibility index (Phi) is 3.06. The van der Waals surface area contributed by atoms with E-state index in [0.717, 1.165) is 10.9 Å². The summed E-state index contributed by atoms with van der Waals surface area (Å²) in [6, 6.07) is 7.41. The summed E-state index contributed by atoms with van der Waals surface area (Å²) < 4.78 is 5.01. The topological polar surface area (TPSA) is 85.2 Å². The monoisotopic (exact) mass is 246 g/mol. The van der Waals surface area contributed by atoms with Gasteiger partial charge in [-0.1, -0.05) is 18.2 Å². The van der Waals surface area contributed by atoms with Crippen molar-refractivity contribution in [1.82, 2.24) is 4.98 Å². The minimum absolute atomic E-state index is 0.443. The van der Waals surface area contributed by atoms with E-state index in [1.807, 2.05) is 24.3 Å². The molecule has 0 bridgehead atoms. The van der Waals surface area contributed by atoms with Crippen LogP contribution in [-0.2, 0) is 9.53 Å². The molecule has 2 aromatic rings. The zero-order valence-corrected chi connectivity index (χ0v) is 10.2. The van der Waals surface area contributed by atoms with E-state index in [4.69, 9.17) is 10.5 Å². The van der Waals surface area contributed by atoms with E-state index in [1.54, 1.807) is 6.92 Å². The van der Waals surface area contributed by atoms with E-state index in [9.17, 15) is 9.59 Å². The van der Waals surface area contributed by atoms with Gasteiger partial charge >= 0.3 is 5.97 Å². The number of rotatable bonds is 3. The molecule has 0 spiro atoms. The van der Waals surface area contributed by atoms with Crippen molar-refractivity contribution in [2.75, 3.05) is 0 Å². The van der Waals surface area contributed by atoms with Gasteiger partial charge in [0.05, 0.1) is 5.56 Å². The third-order valence-corrected chi connectivity index (χ3v) is 2.78. The van der Waals surface area contributed by atoms with Gasteiger partial charge in [0.25, 0.3) is 5.91 Å². The number of aryl methyl sites for hydroxylation is 1. The first kappa shape index (κ1) is 12.2. The molecule has 3 N–H and O–H groups in total. The van der Waals surface area contributed by atoms with Crippen LogP contribution in [0.25, 0.3) is 10.9 Å². The molecule has 0 saturated carbocycles. The van der Waals surface area contributed by atoms with Crippen molar-refractivity contribution in [1.29, 1.82) is 0 Å². The Bertz CT molecular complexity index is 616. The Hall–Kier alpha value is -2.30. The highest BCUT2D eigenvalue weighted by atomic mass is 16.5. The largest absolute Gasteiger partial charge is 0.449 e. The summed E-state index contributed by atoms with van der Waals surface area (Å²) in [5, 5.41) is 0.775. The fourth-order valence-corrected chi connectivity index (χ4v) is 1.82. The van der Waals surface area contributed by atoms with E-state index in [0.29, 0.717) is 11.3 Å². The summed E-state index contributed by atoms with van der Waals surface area (Å²) in [5.41, 5.74) is 7.07. The molecule has 94 valence electrons. The van der Waals surface area contributed by atoms with Gasteiger partial charge in [-0.2, -0.15) is 0 Å². The minimum Gasteiger partial charge on any atom is -0.449 e. The Labute approximate surface area is 104 Å². The molecule has 2 rings (SSSR count). The molecule has 0 fully saturated rings. The third kappa shape index (κ3) is 2.07. The summed E-state index contributed by atoms with van der Waals surface area (Å²) in [4.78, 5) is 26.0. The molecule has 1 amide bonds. The van der Waals surface area contributed by atoms with E-state index in [1.165, 1.54) is 6.92 Å². The molecule has 18 heavy (non-hydrogen) atoms. The SMILES string of the molecule is Cc1[nH]c2ccccc2c1C(=O)O[C@H](C)C(N)=O. The molecule has 0 unspecified atom stereocenters. The first-order valence-electron chi connectivity index (χ1n) is 5.58. The average Bonchev–Trinajstić information content (AvgIpc) is 2.64. The first-order chi connectivity index (χ1) is 8.50. The lowest BCUT2D eigenvalue weighted by Crippen LogP contribution is -2.30. The molecule has 5 nitrogen and oxygen atoms in total. The van der Waals surface area contributed by atoms with Crippen molar-refractivity contribution in [2.45, 2.75) is 20.0 Å². The number of carbonyl (C=O) groups excluding carboxylic acids is 2. The maximum absolute atomic E-state index is 12.0. The molecule has 1 heterocycles. The number of esters is 1. The second-order valence-electron chi connectivity index (χ2n) is 4.12. The van der Waals surface area contributed by atoms with Gasteiger partial charge in [-0.15, -0.1) is 0 Å². The number of carbonyl (C=O) groups is 2. The second kappa shape index (κ2) is 4.52. The number of H-pyrrole nitrogens is 1. The lowest BCUT2D eigenvalue weighted by molar-refractivity contribution is -0.125. The van der Waals surface area contributed by atoms with Gasteiger partial charge in [-0.3, -0.25) is 4.79 Å². The summed E-state index contributed by atoms with van der Waals surface area (Å²) in [6.07, 6.45) is -0.939. The predicted octanol–water partition coefficient (Wildman–Crippen LogP) is 1.51. The number of amides is 1. The van der Waals surface area contributed by atoms with Gasteiger partial charge in [-0.05, 0) is 19.9 Å². The van der Waals surface area contributed by atoms with Crippen molar-refractivity contribution in [3.63, 3.8) is 0 Å². The normalized spacial score (nSPS) is 12.3. The van der Waals surface area contributed by atoms with Crippen LogP contribution in [0.1, 0.15) is 23.0 Å². The van der Waals surface area contributed by atoms with Gasteiger partial charge < -0.3 is 15.5 Å². The van der Waals surface area contributed by atoms with Crippen LogP contribution in [0.4, 0.5) is 0 Å². The number of nitrogens with one attached hydrogen (secondary N) is 1. The van der Waals surface area contributed by atoms with Crippen LogP contribution in [0.5, 0.6) is 0 Å². The molecule has 1 aromatic carbocycles. The Morgan fingerprint density at radius 1 is 1.33 bits per heavy atom. The lowest BCUT2D eigenvalue weighted by atomic mass is 10.1. The number of aromatic amines is 1. The van der Waals surface area contributed by atoms with E-state index < -0.39 is 18.0 Å². The fraction of sp³-hybridized carbons (Fsp3) is 0.231. The number of ether oxygens (including phenoxy) is 1. The van der Waals surface area contributed by atoms with Crippen LogP contribution in [0.2, 0.25) is 0 Å². The molecule has 0 radical (unpaired) electrons. The molecule has 0 aliphatic carbocycles. The van der Waals surface area contributed by atoms with E-state index in [2.05, 4.69) is 4.98 Å². The van der Waals surface area contributed by atoms with E-state index >= 15 is 0 Å². The van der Waals surface area contributed by atoms with Crippen LogP contribution in [0.15, 0.2) is 24.3 Å². The Morgan fingerprint density at radius 2 is 2.00 bits per heavy atom. The van der Waals surface area contributed by atoms with Gasteiger partial charge in [-0.25, -0.2) is 4.79 Å². The van der Waals surface area contributed by atoms with Crippen molar-refractivity contribution in [2.24, 2.45) is 5.73 Å². The van der Waals surface area contributed by atoms with Crippen LogP contribution in [0, 0.1) is 6.92 Å². The molecule has 0 aliphatic rings.